The number of para-hydroxylation sites is 1. The number of hydrogen-bond acceptors (Lipinski definition) is 7. The van der Waals surface area contributed by atoms with Crippen molar-refractivity contribution in [1.29, 1.82) is 0 Å². The molecule has 38 heavy (non-hydrogen) atoms. The van der Waals surface area contributed by atoms with Crippen LogP contribution in [0.2, 0.25) is 0 Å². The number of rotatable bonds is 9. The van der Waals surface area contributed by atoms with Crippen molar-refractivity contribution in [2.45, 2.75) is 37.9 Å². The molecule has 2 fully saturated rings. The van der Waals surface area contributed by atoms with Crippen LogP contribution in [0.25, 0.3) is 10.2 Å². The molecule has 3 heterocycles. The van der Waals surface area contributed by atoms with Crippen LogP contribution in [-0.2, 0) is 26.2 Å². The lowest BCUT2D eigenvalue weighted by molar-refractivity contribution is -0.122. The largest absolute Gasteiger partial charge is 0.394 e. The summed E-state index contributed by atoms with van der Waals surface area (Å²) in [5.41, 5.74) is 1.76. The Kier molecular flexibility index (Phi) is 7.51. The molecule has 2 aliphatic rings. The van der Waals surface area contributed by atoms with Gasteiger partial charge in [-0.1, -0.05) is 60.7 Å². The molecule has 0 radical (unpaired) electrons. The van der Waals surface area contributed by atoms with Crippen molar-refractivity contribution in [3.63, 3.8) is 0 Å². The van der Waals surface area contributed by atoms with Crippen molar-refractivity contribution in [3.8, 4) is 0 Å². The first kappa shape index (κ1) is 26.7. The number of benzene rings is 2. The molecule has 0 saturated carbocycles. The highest BCUT2D eigenvalue weighted by molar-refractivity contribution is 7.86. The minimum absolute atomic E-state index is 0.147. The van der Waals surface area contributed by atoms with Crippen molar-refractivity contribution in [2.75, 3.05) is 31.6 Å². The van der Waals surface area contributed by atoms with Crippen LogP contribution in [0.4, 0.5) is 5.13 Å². The number of fused-ring (bicyclic) bond motifs is 2. The Labute approximate surface area is 226 Å². The molecule has 202 valence electrons. The van der Waals surface area contributed by atoms with Gasteiger partial charge in [0.05, 0.1) is 47.4 Å². The third-order valence-electron chi connectivity index (χ3n) is 7.30. The number of likely N-dealkylation sites (N-methyl/N-ethyl adjacent to an activating group) is 1. The lowest BCUT2D eigenvalue weighted by Crippen LogP contribution is -2.51. The SMILES string of the molecule is C[C@@H]1C(=O)N(c2nc3ccccc3s2)[C@H]2CCN(S(=O)(=O)N(C)CC(=O)N[C@@H](CO)Cc3ccccc3)[C@H]12. The molecule has 2 aliphatic heterocycles. The summed E-state index contributed by atoms with van der Waals surface area (Å²) in [6.45, 7) is 1.33. The third kappa shape index (κ3) is 4.94. The number of aliphatic hydroxyl groups excluding tert-OH is 1. The number of carbonyl (C=O) groups is 2. The Morgan fingerprint density at radius 1 is 1.21 bits per heavy atom. The van der Waals surface area contributed by atoms with Gasteiger partial charge in [0.15, 0.2) is 5.13 Å². The van der Waals surface area contributed by atoms with Gasteiger partial charge in [0.2, 0.25) is 11.8 Å². The third-order valence-corrected chi connectivity index (χ3v) is 10.3. The Hall–Kier alpha value is -2.90. The molecule has 0 aliphatic carbocycles. The number of nitrogens with zero attached hydrogens (tertiary/aromatic N) is 4. The fourth-order valence-corrected chi connectivity index (χ4v) is 8.06. The van der Waals surface area contributed by atoms with Crippen LogP contribution < -0.4 is 10.2 Å². The molecule has 4 atom stereocenters. The van der Waals surface area contributed by atoms with Gasteiger partial charge in [-0.25, -0.2) is 4.98 Å². The molecule has 2 N–H and O–H groups in total. The quantitative estimate of drug-likeness (QED) is 0.412. The second-order valence-corrected chi connectivity index (χ2v) is 12.8. The van der Waals surface area contributed by atoms with Gasteiger partial charge in [0.1, 0.15) is 0 Å². The maximum Gasteiger partial charge on any atom is 0.282 e. The zero-order valence-electron chi connectivity index (χ0n) is 21.2. The summed E-state index contributed by atoms with van der Waals surface area (Å²) in [6.07, 6.45) is 0.913. The van der Waals surface area contributed by atoms with Crippen molar-refractivity contribution in [2.24, 2.45) is 5.92 Å². The van der Waals surface area contributed by atoms with Crippen LogP contribution >= 0.6 is 11.3 Å². The average molecular weight is 558 g/mol. The van der Waals surface area contributed by atoms with E-state index in [1.807, 2.05) is 54.6 Å². The van der Waals surface area contributed by atoms with E-state index < -0.39 is 40.7 Å². The lowest BCUT2D eigenvalue weighted by atomic mass is 10.0. The number of hydrogen-bond donors (Lipinski definition) is 2. The zero-order chi connectivity index (χ0) is 27.0. The predicted molar refractivity (Wildman–Crippen MR) is 146 cm³/mol. The number of amides is 2. The number of anilines is 1. The van der Waals surface area contributed by atoms with E-state index in [-0.39, 0.29) is 25.1 Å². The molecule has 2 amide bonds. The Morgan fingerprint density at radius 3 is 2.63 bits per heavy atom. The average Bonchev–Trinajstić information content (AvgIpc) is 3.59. The summed E-state index contributed by atoms with van der Waals surface area (Å²) in [6, 6.07) is 15.7. The molecule has 12 heteroatoms. The van der Waals surface area contributed by atoms with Crippen molar-refractivity contribution < 1.29 is 23.1 Å². The number of thiazole rings is 1. The zero-order valence-corrected chi connectivity index (χ0v) is 22.9. The van der Waals surface area contributed by atoms with Crippen LogP contribution in [0.1, 0.15) is 18.9 Å². The highest BCUT2D eigenvalue weighted by Crippen LogP contribution is 2.42. The molecular weight excluding hydrogens is 526 g/mol. The van der Waals surface area contributed by atoms with Crippen LogP contribution in [0.3, 0.4) is 0 Å². The minimum Gasteiger partial charge on any atom is -0.394 e. The van der Waals surface area contributed by atoms with Gasteiger partial charge in [0.25, 0.3) is 10.2 Å². The molecule has 0 unspecified atom stereocenters. The first-order valence-electron chi connectivity index (χ1n) is 12.6. The summed E-state index contributed by atoms with van der Waals surface area (Å²) in [7, 11) is -2.67. The monoisotopic (exact) mass is 557 g/mol. The normalized spacial score (nSPS) is 22.8. The topological polar surface area (TPSA) is 123 Å². The van der Waals surface area contributed by atoms with Gasteiger partial charge in [-0.3, -0.25) is 14.5 Å². The smallest absolute Gasteiger partial charge is 0.282 e. The molecule has 0 bridgehead atoms. The van der Waals surface area contributed by atoms with Crippen molar-refractivity contribution in [1.82, 2.24) is 18.9 Å². The first-order chi connectivity index (χ1) is 18.2. The van der Waals surface area contributed by atoms with E-state index in [4.69, 9.17) is 0 Å². The minimum atomic E-state index is -4.03. The number of aliphatic hydroxyl groups is 1. The summed E-state index contributed by atoms with van der Waals surface area (Å²) in [5.74, 6) is -1.20. The van der Waals surface area contributed by atoms with E-state index in [1.165, 1.54) is 22.7 Å². The molecular formula is C26H31N5O5S2. The van der Waals surface area contributed by atoms with Crippen molar-refractivity contribution >= 4 is 48.7 Å². The molecule has 5 rings (SSSR count). The van der Waals surface area contributed by atoms with Gasteiger partial charge < -0.3 is 10.4 Å². The van der Waals surface area contributed by atoms with E-state index in [1.54, 1.807) is 11.8 Å². The Bertz CT molecular complexity index is 1400. The van der Waals surface area contributed by atoms with Gasteiger partial charge >= 0.3 is 0 Å². The highest BCUT2D eigenvalue weighted by Gasteiger charge is 2.56. The Balaban J connectivity index is 1.27. The number of nitrogens with one attached hydrogen (secondary N) is 1. The van der Waals surface area contributed by atoms with E-state index in [0.29, 0.717) is 18.0 Å². The van der Waals surface area contributed by atoms with Crippen LogP contribution in [-0.4, -0.2) is 83.8 Å². The molecule has 1 aromatic heterocycles. The molecule has 3 aromatic rings. The molecule has 0 spiro atoms. The second-order valence-electron chi connectivity index (χ2n) is 9.82. The van der Waals surface area contributed by atoms with Crippen molar-refractivity contribution in [3.05, 3.63) is 60.2 Å². The van der Waals surface area contributed by atoms with E-state index in [9.17, 15) is 23.1 Å². The van der Waals surface area contributed by atoms with Gasteiger partial charge in [-0.2, -0.15) is 17.0 Å². The maximum absolute atomic E-state index is 13.6. The fourth-order valence-electron chi connectivity index (χ4n) is 5.43. The van der Waals surface area contributed by atoms with Gasteiger partial charge in [-0.15, -0.1) is 0 Å². The van der Waals surface area contributed by atoms with E-state index in [2.05, 4.69) is 10.3 Å². The molecule has 10 nitrogen and oxygen atoms in total. The summed E-state index contributed by atoms with van der Waals surface area (Å²) in [4.78, 5) is 32.3. The van der Waals surface area contributed by atoms with Gasteiger partial charge in [-0.05, 0) is 30.5 Å². The van der Waals surface area contributed by atoms with E-state index >= 15 is 0 Å². The Morgan fingerprint density at radius 2 is 1.92 bits per heavy atom. The number of carbonyl (C=O) groups excluding carboxylic acids is 2. The van der Waals surface area contributed by atoms with Crippen LogP contribution in [0.15, 0.2) is 54.6 Å². The van der Waals surface area contributed by atoms with E-state index in [0.717, 1.165) is 20.1 Å². The lowest BCUT2D eigenvalue weighted by Gasteiger charge is -2.29. The van der Waals surface area contributed by atoms with Crippen LogP contribution in [0, 0.1) is 5.92 Å². The fraction of sp³-hybridized carbons (Fsp3) is 0.423. The maximum atomic E-state index is 13.6. The summed E-state index contributed by atoms with van der Waals surface area (Å²) >= 11 is 1.42. The molecule has 2 saturated heterocycles. The second kappa shape index (κ2) is 10.7. The first-order valence-corrected chi connectivity index (χ1v) is 14.8. The summed E-state index contributed by atoms with van der Waals surface area (Å²) < 4.78 is 30.5. The standard InChI is InChI=1S/C26H31N5O5S2/c1-17-24-21(31(25(17)34)26-28-20-10-6-7-11-22(20)37-26)12-13-30(24)38(35,36)29(2)15-23(33)27-19(16-32)14-18-8-4-3-5-9-18/h3-11,17,19,21,24,32H,12-16H2,1-2H3,(H,27,33)/t17-,19+,21-,24+/m0/s1. The predicted octanol–water partition coefficient (Wildman–Crippen LogP) is 1.62. The summed E-state index contributed by atoms with van der Waals surface area (Å²) in [5, 5.41) is 13.0. The number of aromatic nitrogens is 1. The van der Waals surface area contributed by atoms with Gasteiger partial charge in [0, 0.05) is 13.6 Å². The molecule has 2 aromatic carbocycles. The highest BCUT2D eigenvalue weighted by atomic mass is 32.2. The van der Waals surface area contributed by atoms with Crippen LogP contribution in [0.5, 0.6) is 0 Å².